The first kappa shape index (κ1) is 30.4. The predicted molar refractivity (Wildman–Crippen MR) is 170 cm³/mol. The smallest absolute Gasteiger partial charge is 0.260 e. The van der Waals surface area contributed by atoms with Crippen LogP contribution < -0.4 is 5.56 Å². The van der Waals surface area contributed by atoms with E-state index in [1.165, 1.54) is 12.3 Å². The number of nitrogens with one attached hydrogen (secondary N) is 1. The van der Waals surface area contributed by atoms with Crippen molar-refractivity contribution in [3.05, 3.63) is 107 Å². The predicted octanol–water partition coefficient (Wildman–Crippen LogP) is 4.78. The van der Waals surface area contributed by atoms with Crippen molar-refractivity contribution in [3.8, 4) is 17.2 Å². The number of carbonyl (C=O) groups excluding carboxylic acids is 4. The van der Waals surface area contributed by atoms with Gasteiger partial charge in [-0.15, -0.1) is 0 Å². The first-order valence-electron chi connectivity index (χ1n) is 14.0. The third kappa shape index (κ3) is 4.12. The van der Waals surface area contributed by atoms with Gasteiger partial charge in [-0.05, 0) is 58.1 Å². The molecule has 12 nitrogen and oxygen atoms in total. The van der Waals surface area contributed by atoms with Gasteiger partial charge in [-0.1, -0.05) is 28.9 Å². The Balaban J connectivity index is 1.33. The van der Waals surface area contributed by atoms with E-state index in [1.54, 1.807) is 24.3 Å². The number of benzene rings is 3. The number of aromatic amines is 1. The third-order valence-electron chi connectivity index (χ3n) is 8.75. The minimum absolute atomic E-state index is 0.0678. The number of methoxy groups -OCH3 is 1. The van der Waals surface area contributed by atoms with Crippen LogP contribution in [-0.4, -0.2) is 56.8 Å². The maximum atomic E-state index is 14.2. The Morgan fingerprint density at radius 2 is 1.70 bits per heavy atom. The van der Waals surface area contributed by atoms with Crippen LogP contribution in [0.4, 0.5) is 0 Å². The summed E-state index contributed by atoms with van der Waals surface area (Å²) in [5, 5.41) is 38.4. The fraction of sp³-hybridized carbons (Fsp3) is 0.152. The van der Waals surface area contributed by atoms with E-state index in [2.05, 4.69) is 26.1 Å². The summed E-state index contributed by atoms with van der Waals surface area (Å²) >= 11 is 9.48. The molecule has 0 saturated heterocycles. The molecule has 14 heteroatoms. The van der Waals surface area contributed by atoms with Gasteiger partial charge >= 0.3 is 0 Å². The normalized spacial score (nSPS) is 18.2. The number of phenolic OH excluding ortho intramolecular Hbond substituents is 3. The summed E-state index contributed by atoms with van der Waals surface area (Å²) in [5.41, 5.74) is -4.40. The fourth-order valence-corrected chi connectivity index (χ4v) is 7.63. The van der Waals surface area contributed by atoms with Crippen molar-refractivity contribution in [3.63, 3.8) is 0 Å². The van der Waals surface area contributed by atoms with E-state index in [-0.39, 0.29) is 41.5 Å². The van der Waals surface area contributed by atoms with E-state index < -0.39 is 79.4 Å². The minimum Gasteiger partial charge on any atom is -0.507 e. The summed E-state index contributed by atoms with van der Waals surface area (Å²) in [7, 11) is 1.13. The summed E-state index contributed by atoms with van der Waals surface area (Å²) in [4.78, 5) is 75.5. The molecule has 4 aromatic rings. The molecular formula is C33H20BrClN2O10. The highest BCUT2D eigenvalue weighted by Crippen LogP contribution is 2.58. The Morgan fingerprint density at radius 1 is 1.00 bits per heavy atom. The standard InChI is InChI=1S/C33H20BrClN2O10/c1-46-18-9-17(38)20-21(26(18)39)28(41)23-22(27(20)40)30(43)33(31(23)44)6-5-15-24(33)29(42)19-16(25(15)34)8-14(37-32(19)45)10-36-47-11-12-3-2-4-13(35)7-12/h2-4,7-10,40-42H,5-6,11H2,1H3,(H,37,45)/t33-/m0/s1. The van der Waals surface area contributed by atoms with E-state index >= 15 is 0 Å². The van der Waals surface area contributed by atoms with Gasteiger partial charge in [-0.25, -0.2) is 0 Å². The lowest BCUT2D eigenvalue weighted by atomic mass is 9.76. The van der Waals surface area contributed by atoms with Gasteiger partial charge in [0.1, 0.15) is 29.3 Å². The summed E-state index contributed by atoms with van der Waals surface area (Å²) < 4.78 is 5.25. The van der Waals surface area contributed by atoms with Gasteiger partial charge in [0.15, 0.2) is 23.1 Å². The third-order valence-corrected chi connectivity index (χ3v) is 9.89. The monoisotopic (exact) mass is 718 g/mol. The van der Waals surface area contributed by atoms with Crippen LogP contribution in [0, 0.1) is 0 Å². The molecule has 0 radical (unpaired) electrons. The summed E-state index contributed by atoms with van der Waals surface area (Å²) in [6, 6.07) is 8.52. The van der Waals surface area contributed by atoms with Crippen LogP contribution in [0.15, 0.2) is 56.6 Å². The number of aromatic hydroxyl groups is 3. The Bertz CT molecular complexity index is 2310. The highest BCUT2D eigenvalue weighted by Gasteiger charge is 2.62. The number of halogens is 2. The van der Waals surface area contributed by atoms with Gasteiger partial charge in [0.2, 0.25) is 5.78 Å². The average molecular weight is 720 g/mol. The molecular weight excluding hydrogens is 700 g/mol. The van der Waals surface area contributed by atoms with E-state index in [4.69, 9.17) is 21.2 Å². The number of fused-ring (bicyclic) bond motifs is 5. The highest BCUT2D eigenvalue weighted by molar-refractivity contribution is 9.10. The Morgan fingerprint density at radius 3 is 2.38 bits per heavy atom. The van der Waals surface area contributed by atoms with E-state index in [0.29, 0.717) is 15.1 Å². The van der Waals surface area contributed by atoms with Gasteiger partial charge < -0.3 is 29.9 Å². The Hall–Kier alpha value is -5.27. The number of oxime groups is 1. The van der Waals surface area contributed by atoms with Crippen LogP contribution in [0.2, 0.25) is 5.02 Å². The topological polar surface area (TPSA) is 193 Å². The van der Waals surface area contributed by atoms with Crippen LogP contribution in [0.1, 0.15) is 70.2 Å². The second kappa shape index (κ2) is 10.6. The molecule has 1 aromatic heterocycles. The van der Waals surface area contributed by atoms with Crippen molar-refractivity contribution in [2.24, 2.45) is 5.16 Å². The molecule has 3 aliphatic rings. The number of carbonyl (C=O) groups is 4. The average Bonchev–Trinajstić information content (AvgIpc) is 3.55. The van der Waals surface area contributed by atoms with Crippen molar-refractivity contribution in [1.29, 1.82) is 0 Å². The molecule has 0 unspecified atom stereocenters. The zero-order valence-corrected chi connectivity index (χ0v) is 26.4. The molecule has 47 heavy (non-hydrogen) atoms. The number of Topliss-reactive ketones (excluding diaryl/α,β-unsaturated/α-hetero) is 3. The Labute approximate surface area is 277 Å². The van der Waals surface area contributed by atoms with Crippen LogP contribution >= 0.6 is 27.5 Å². The second-order valence-electron chi connectivity index (χ2n) is 11.2. The van der Waals surface area contributed by atoms with Crippen molar-refractivity contribution >= 4 is 67.7 Å². The number of hydrogen-bond donors (Lipinski definition) is 4. The molecule has 0 saturated carbocycles. The van der Waals surface area contributed by atoms with Crippen molar-refractivity contribution in [2.45, 2.75) is 24.9 Å². The van der Waals surface area contributed by atoms with Crippen LogP contribution in [0.25, 0.3) is 10.8 Å². The maximum Gasteiger partial charge on any atom is 0.260 e. The zero-order chi connectivity index (χ0) is 33.5. The number of aromatic nitrogens is 1. The largest absolute Gasteiger partial charge is 0.507 e. The van der Waals surface area contributed by atoms with Crippen LogP contribution in [0.3, 0.4) is 0 Å². The number of ketones is 4. The highest BCUT2D eigenvalue weighted by atomic mass is 79.9. The van der Waals surface area contributed by atoms with E-state index in [9.17, 15) is 39.3 Å². The summed E-state index contributed by atoms with van der Waals surface area (Å²) in [6.07, 6.45) is 1.94. The lowest BCUT2D eigenvalue weighted by molar-refractivity contribution is 0.0790. The number of H-pyrrole nitrogens is 1. The number of hydrogen-bond acceptors (Lipinski definition) is 11. The molecule has 1 atom stereocenters. The first-order valence-corrected chi connectivity index (χ1v) is 15.2. The minimum atomic E-state index is -2.16. The molecule has 0 amide bonds. The molecule has 0 bridgehead atoms. The molecule has 1 spiro atoms. The lowest BCUT2D eigenvalue weighted by Crippen LogP contribution is -2.36. The molecule has 3 aliphatic carbocycles. The molecule has 0 aliphatic heterocycles. The number of phenols is 3. The van der Waals surface area contributed by atoms with E-state index in [0.717, 1.165) is 18.7 Å². The molecule has 7 rings (SSSR count). The molecule has 3 aromatic carbocycles. The maximum absolute atomic E-state index is 14.2. The number of allylic oxidation sites excluding steroid dienone is 2. The number of ether oxygens (including phenoxy) is 1. The summed E-state index contributed by atoms with van der Waals surface area (Å²) in [6.45, 7) is 0.111. The van der Waals surface area contributed by atoms with Crippen LogP contribution in [0.5, 0.6) is 17.2 Å². The molecule has 1 heterocycles. The number of nitrogens with zero attached hydrogens (tertiary/aromatic N) is 1. The van der Waals surface area contributed by atoms with Gasteiger partial charge in [-0.3, -0.25) is 24.0 Å². The number of pyridine rings is 1. The van der Waals surface area contributed by atoms with Crippen molar-refractivity contribution < 1.29 is 44.1 Å². The van der Waals surface area contributed by atoms with E-state index in [1.807, 2.05) is 0 Å². The summed E-state index contributed by atoms with van der Waals surface area (Å²) in [5.74, 6) is -6.87. The van der Waals surface area contributed by atoms with Gasteiger partial charge in [0.05, 0.1) is 46.7 Å². The lowest BCUT2D eigenvalue weighted by Gasteiger charge is -2.23. The SMILES string of the molecule is COC1=CC(=O)c2c(O)c3c(c(O)c2C1=O)C(=O)[C@]1(CCc2c1c(O)c1c(=O)[nH]c(C=NOCc4cccc(Cl)c4)cc1c2Br)C3=O. The van der Waals surface area contributed by atoms with Gasteiger partial charge in [-0.2, -0.15) is 0 Å². The molecule has 236 valence electrons. The first-order chi connectivity index (χ1) is 22.4. The number of rotatable bonds is 5. The fourth-order valence-electron chi connectivity index (χ4n) is 6.70. The quantitative estimate of drug-likeness (QED) is 0.0966. The van der Waals surface area contributed by atoms with Gasteiger partial charge in [0.25, 0.3) is 5.56 Å². The molecule has 4 N–H and O–H groups in total. The molecule has 0 fully saturated rings. The van der Waals surface area contributed by atoms with Gasteiger partial charge in [0, 0.05) is 26.5 Å². The van der Waals surface area contributed by atoms with Crippen molar-refractivity contribution in [2.75, 3.05) is 7.11 Å². The van der Waals surface area contributed by atoms with Crippen molar-refractivity contribution in [1.82, 2.24) is 4.98 Å². The Kier molecular flexibility index (Phi) is 6.88. The van der Waals surface area contributed by atoms with Crippen LogP contribution in [-0.2, 0) is 28.0 Å². The zero-order valence-electron chi connectivity index (χ0n) is 24.1. The second-order valence-corrected chi connectivity index (χ2v) is 12.4.